The van der Waals surface area contributed by atoms with Crippen LogP contribution in [-0.4, -0.2) is 52.5 Å². The van der Waals surface area contributed by atoms with E-state index in [1.807, 2.05) is 25.1 Å². The zero-order valence-corrected chi connectivity index (χ0v) is 16.5. The molecule has 0 aromatic heterocycles. The number of aliphatic imine (C=N–C) groups is 1. The Bertz CT molecular complexity index is 861. The Kier molecular flexibility index (Phi) is 7.98. The molecule has 2 rings (SSSR count). The lowest BCUT2D eigenvalue weighted by molar-refractivity contribution is 0.0226. The topological polar surface area (TPSA) is 103 Å². The van der Waals surface area contributed by atoms with Crippen LogP contribution in [0.15, 0.2) is 28.3 Å². The van der Waals surface area contributed by atoms with Crippen molar-refractivity contribution in [1.29, 1.82) is 0 Å². The Morgan fingerprint density at radius 1 is 1.44 bits per heavy atom. The summed E-state index contributed by atoms with van der Waals surface area (Å²) < 4.78 is 32.1. The molecule has 0 bridgehead atoms. The van der Waals surface area contributed by atoms with Gasteiger partial charge in [-0.1, -0.05) is 17.9 Å². The third kappa shape index (κ3) is 7.51. The molecule has 1 saturated heterocycles. The van der Waals surface area contributed by atoms with Gasteiger partial charge in [0.2, 0.25) is 0 Å². The lowest BCUT2D eigenvalue weighted by Crippen LogP contribution is -2.22. The molecule has 2 N–H and O–H groups in total. The van der Waals surface area contributed by atoms with Gasteiger partial charge in [-0.3, -0.25) is 9.18 Å². The molecule has 1 aliphatic heterocycles. The van der Waals surface area contributed by atoms with Crippen molar-refractivity contribution in [1.82, 2.24) is 0 Å². The smallest absolute Gasteiger partial charge is 0.265 e. The van der Waals surface area contributed by atoms with Crippen LogP contribution in [0.4, 0.5) is 0 Å². The zero-order chi connectivity index (χ0) is 19.7. The summed E-state index contributed by atoms with van der Waals surface area (Å²) in [4.78, 5) is 4.43. The van der Waals surface area contributed by atoms with Crippen molar-refractivity contribution in [3.63, 3.8) is 0 Å². The van der Waals surface area contributed by atoms with Crippen LogP contribution in [0.1, 0.15) is 36.0 Å². The van der Waals surface area contributed by atoms with E-state index in [-0.39, 0.29) is 12.7 Å². The van der Waals surface area contributed by atoms with E-state index in [0.717, 1.165) is 42.4 Å². The molecule has 0 amide bonds. The fourth-order valence-electron chi connectivity index (χ4n) is 2.68. The lowest BCUT2D eigenvalue weighted by atomic mass is 10.0. The number of aryl methyl sites for hydroxylation is 1. The standard InChI is InChI=1S/C19H25N3O4S/c1-15-12-16(6-5-11-26-27(2,23)24)8-9-18(15)19(22-20)14-21-13-17-7-3-4-10-25-17/h8-9,12,14,17H,3-4,7,10-11,13,20H2,1-2H3/b21-14?,22-19+. The van der Waals surface area contributed by atoms with E-state index in [0.29, 0.717) is 12.3 Å². The van der Waals surface area contributed by atoms with Gasteiger partial charge in [-0.2, -0.15) is 13.5 Å². The van der Waals surface area contributed by atoms with Gasteiger partial charge in [-0.05, 0) is 43.9 Å². The van der Waals surface area contributed by atoms with E-state index in [9.17, 15) is 8.42 Å². The van der Waals surface area contributed by atoms with Crippen molar-refractivity contribution in [3.8, 4) is 11.8 Å². The largest absolute Gasteiger partial charge is 0.376 e. The number of rotatable bonds is 6. The first-order chi connectivity index (χ1) is 12.9. The van der Waals surface area contributed by atoms with Gasteiger partial charge < -0.3 is 10.6 Å². The van der Waals surface area contributed by atoms with Gasteiger partial charge in [0, 0.05) is 23.9 Å². The third-order valence-corrected chi connectivity index (χ3v) is 4.56. The number of hydrogen-bond acceptors (Lipinski definition) is 7. The normalized spacial score (nSPS) is 18.3. The molecule has 1 heterocycles. The summed E-state index contributed by atoms with van der Waals surface area (Å²) in [6.45, 7) is 3.15. The Hall–Kier alpha value is -2.21. The van der Waals surface area contributed by atoms with Gasteiger partial charge in [0.15, 0.2) is 0 Å². The second-order valence-corrected chi connectivity index (χ2v) is 7.94. The van der Waals surface area contributed by atoms with Crippen LogP contribution in [0.3, 0.4) is 0 Å². The average Bonchev–Trinajstić information content (AvgIpc) is 2.63. The van der Waals surface area contributed by atoms with Gasteiger partial charge in [-0.25, -0.2) is 0 Å². The van der Waals surface area contributed by atoms with Crippen LogP contribution >= 0.6 is 0 Å². The maximum absolute atomic E-state index is 10.9. The Morgan fingerprint density at radius 2 is 2.26 bits per heavy atom. The van der Waals surface area contributed by atoms with Gasteiger partial charge in [-0.15, -0.1) is 0 Å². The molecule has 0 saturated carbocycles. The van der Waals surface area contributed by atoms with Crippen molar-refractivity contribution < 1.29 is 17.3 Å². The molecule has 1 aromatic rings. The highest BCUT2D eigenvalue weighted by Gasteiger charge is 2.13. The maximum Gasteiger partial charge on any atom is 0.265 e. The molecule has 1 fully saturated rings. The minimum absolute atomic E-state index is 0.168. The summed E-state index contributed by atoms with van der Waals surface area (Å²) in [6, 6.07) is 5.57. The molecule has 0 radical (unpaired) electrons. The SMILES string of the molecule is Cc1cc(C#CCOS(C)(=O)=O)ccc1/C(C=NCC1CCCCO1)=N/N. The van der Waals surface area contributed by atoms with Crippen molar-refractivity contribution in [3.05, 3.63) is 34.9 Å². The van der Waals surface area contributed by atoms with Crippen LogP contribution in [0.2, 0.25) is 0 Å². The van der Waals surface area contributed by atoms with E-state index in [1.54, 1.807) is 6.21 Å². The lowest BCUT2D eigenvalue weighted by Gasteiger charge is -2.20. The summed E-state index contributed by atoms with van der Waals surface area (Å²) in [5.41, 5.74) is 3.14. The number of ether oxygens (including phenoxy) is 1. The van der Waals surface area contributed by atoms with Gasteiger partial charge in [0.25, 0.3) is 10.1 Å². The van der Waals surface area contributed by atoms with Crippen LogP contribution in [-0.2, 0) is 19.0 Å². The summed E-state index contributed by atoms with van der Waals surface area (Å²) in [5, 5.41) is 3.84. The summed E-state index contributed by atoms with van der Waals surface area (Å²) in [6.07, 6.45) is 6.15. The highest BCUT2D eigenvalue weighted by Crippen LogP contribution is 2.13. The Balaban J connectivity index is 2.00. The van der Waals surface area contributed by atoms with Gasteiger partial charge in [0.05, 0.1) is 18.9 Å². The first kappa shape index (κ1) is 21.1. The molecular formula is C19H25N3O4S. The fraction of sp³-hybridized carbons (Fsp3) is 0.474. The molecule has 0 aliphatic carbocycles. The number of hydrogen-bond donors (Lipinski definition) is 1. The van der Waals surface area contributed by atoms with Crippen LogP contribution in [0.25, 0.3) is 0 Å². The molecule has 7 nitrogen and oxygen atoms in total. The molecule has 0 spiro atoms. The number of benzene rings is 1. The number of hydrazone groups is 1. The molecule has 1 unspecified atom stereocenters. The van der Waals surface area contributed by atoms with E-state index in [2.05, 4.69) is 26.1 Å². The highest BCUT2D eigenvalue weighted by molar-refractivity contribution is 7.86. The van der Waals surface area contributed by atoms with E-state index < -0.39 is 10.1 Å². The van der Waals surface area contributed by atoms with Crippen molar-refractivity contribution in [2.75, 3.05) is 26.0 Å². The predicted molar refractivity (Wildman–Crippen MR) is 107 cm³/mol. The second-order valence-electron chi connectivity index (χ2n) is 6.29. The van der Waals surface area contributed by atoms with Gasteiger partial charge in [0.1, 0.15) is 12.3 Å². The van der Waals surface area contributed by atoms with Crippen molar-refractivity contribution >= 4 is 22.0 Å². The van der Waals surface area contributed by atoms with E-state index >= 15 is 0 Å². The average molecular weight is 391 g/mol. The number of nitrogens with two attached hydrogens (primary N) is 1. The summed E-state index contributed by atoms with van der Waals surface area (Å²) >= 11 is 0. The van der Waals surface area contributed by atoms with E-state index in [1.165, 1.54) is 6.42 Å². The molecule has 1 atom stereocenters. The van der Waals surface area contributed by atoms with Crippen LogP contribution in [0, 0.1) is 18.8 Å². The highest BCUT2D eigenvalue weighted by atomic mass is 32.2. The first-order valence-electron chi connectivity index (χ1n) is 8.72. The van der Waals surface area contributed by atoms with Gasteiger partial charge >= 0.3 is 0 Å². The number of nitrogens with zero attached hydrogens (tertiary/aromatic N) is 2. The molecular weight excluding hydrogens is 366 g/mol. The van der Waals surface area contributed by atoms with Crippen LogP contribution in [0.5, 0.6) is 0 Å². The summed E-state index contributed by atoms with van der Waals surface area (Å²) in [7, 11) is -3.48. The molecule has 146 valence electrons. The monoisotopic (exact) mass is 391 g/mol. The Labute approximate surface area is 160 Å². The third-order valence-electron chi connectivity index (χ3n) is 4.02. The van der Waals surface area contributed by atoms with Crippen LogP contribution < -0.4 is 5.84 Å². The first-order valence-corrected chi connectivity index (χ1v) is 10.5. The van der Waals surface area contributed by atoms with Crippen molar-refractivity contribution in [2.24, 2.45) is 15.9 Å². The molecule has 1 aromatic carbocycles. The second kappa shape index (κ2) is 10.2. The molecule has 1 aliphatic rings. The minimum atomic E-state index is -3.48. The zero-order valence-electron chi connectivity index (χ0n) is 15.6. The Morgan fingerprint density at radius 3 is 2.89 bits per heavy atom. The molecule has 8 heteroatoms. The quantitative estimate of drug-likeness (QED) is 0.261. The molecule has 27 heavy (non-hydrogen) atoms. The predicted octanol–water partition coefficient (Wildman–Crippen LogP) is 1.63. The minimum Gasteiger partial charge on any atom is -0.376 e. The van der Waals surface area contributed by atoms with Crippen molar-refractivity contribution in [2.45, 2.75) is 32.3 Å². The maximum atomic E-state index is 10.9. The fourth-order valence-corrected chi connectivity index (χ4v) is 2.96. The van der Waals surface area contributed by atoms with E-state index in [4.69, 9.17) is 10.6 Å². The summed E-state index contributed by atoms with van der Waals surface area (Å²) in [5.74, 6) is 11.1.